The highest BCUT2D eigenvalue weighted by atomic mass is 16.2. The van der Waals surface area contributed by atoms with Gasteiger partial charge in [0.25, 0.3) is 0 Å². The molecule has 0 atom stereocenters. The second kappa shape index (κ2) is 28.6. The molecule has 2 N–H and O–H groups in total. The van der Waals surface area contributed by atoms with Gasteiger partial charge in [0.2, 0.25) is 0 Å². The molecule has 1 aliphatic carbocycles. The number of hydrogen-bond donors (Lipinski definition) is 2. The Morgan fingerprint density at radius 1 is 0.483 bits per heavy atom. The van der Waals surface area contributed by atoms with Crippen LogP contribution in [0.5, 0.6) is 0 Å². The van der Waals surface area contributed by atoms with Crippen LogP contribution in [0.4, 0.5) is 0 Å². The molecule has 0 fully saturated rings. The zero-order valence-electron chi connectivity index (χ0n) is 20.0. The summed E-state index contributed by atoms with van der Waals surface area (Å²) in [6, 6.07) is 17.4. The topological polar surface area (TPSA) is 40.5 Å². The lowest BCUT2D eigenvalue weighted by atomic mass is 9.82. The van der Waals surface area contributed by atoms with Gasteiger partial charge in [-0.1, -0.05) is 133 Å². The maximum Gasteiger partial charge on any atom is 0.0319 e. The van der Waals surface area contributed by atoms with E-state index in [-0.39, 0.29) is 20.3 Å². The van der Waals surface area contributed by atoms with E-state index in [0.717, 1.165) is 14.2 Å². The molecule has 174 valence electrons. The summed E-state index contributed by atoms with van der Waals surface area (Å²) in [4.78, 5) is 0. The Hall–Kier alpha value is -1.64. The molecule has 2 aromatic carbocycles. The third-order valence-corrected chi connectivity index (χ3v) is 3.49. The first-order chi connectivity index (χ1) is 13.2. The molecule has 0 unspecified atom stereocenters. The summed E-state index contributed by atoms with van der Waals surface area (Å²) in [6.45, 7) is 20.6. The van der Waals surface area contributed by atoms with Crippen LogP contribution >= 0.6 is 0 Å². The van der Waals surface area contributed by atoms with E-state index in [1.807, 2.05) is 55.4 Å². The van der Waals surface area contributed by atoms with Crippen LogP contribution < -0.4 is 0 Å². The molecule has 29 heavy (non-hydrogen) atoms. The molecule has 0 radical (unpaired) electrons. The standard InChI is InChI=1S/C15H14.4C2H6.2CH4O.2CH4/c1-15(2)13-9-5-3-7-11(13)12-8-4-6-10-14(12)15;6*1-2;;/h3-10H,1-2H3;4*1-2H3;2*2H,1H3;2*1H4. The first kappa shape index (κ1) is 41.7. The maximum absolute atomic E-state index is 7.00. The van der Waals surface area contributed by atoms with Gasteiger partial charge in [-0.05, 0) is 22.3 Å². The summed E-state index contributed by atoms with van der Waals surface area (Å²) in [5.74, 6) is 0. The Kier molecular flexibility index (Phi) is 41.0. The Morgan fingerprint density at radius 3 is 0.931 bits per heavy atom. The van der Waals surface area contributed by atoms with Crippen LogP contribution in [-0.2, 0) is 5.41 Å². The summed E-state index contributed by atoms with van der Waals surface area (Å²) in [7, 11) is 2.00. The van der Waals surface area contributed by atoms with Gasteiger partial charge >= 0.3 is 0 Å². The molecule has 3 rings (SSSR count). The van der Waals surface area contributed by atoms with Crippen LogP contribution in [0.1, 0.15) is 95.2 Å². The van der Waals surface area contributed by atoms with Gasteiger partial charge in [-0.3, -0.25) is 0 Å². The maximum atomic E-state index is 7.00. The van der Waals surface area contributed by atoms with Crippen molar-refractivity contribution in [1.82, 2.24) is 0 Å². The summed E-state index contributed by atoms with van der Waals surface area (Å²) in [5.41, 5.74) is 5.86. The van der Waals surface area contributed by atoms with Crippen LogP contribution in [0.2, 0.25) is 0 Å². The van der Waals surface area contributed by atoms with Crippen LogP contribution in [0.3, 0.4) is 0 Å². The van der Waals surface area contributed by atoms with Gasteiger partial charge in [0.05, 0.1) is 0 Å². The van der Waals surface area contributed by atoms with Crippen molar-refractivity contribution in [3.8, 4) is 11.1 Å². The lowest BCUT2D eigenvalue weighted by Crippen LogP contribution is -2.14. The molecule has 0 spiro atoms. The molecule has 2 aromatic rings. The normalized spacial score (nSPS) is 9.45. The summed E-state index contributed by atoms with van der Waals surface area (Å²) in [5, 5.41) is 14.0. The Balaban J connectivity index is -0.0000000826. The number of aliphatic hydroxyl groups is 2. The third kappa shape index (κ3) is 11.8. The van der Waals surface area contributed by atoms with Crippen molar-refractivity contribution in [1.29, 1.82) is 0 Å². The van der Waals surface area contributed by atoms with Gasteiger partial charge in [0.15, 0.2) is 0 Å². The molecule has 0 heterocycles. The molecule has 0 saturated carbocycles. The molecule has 1 aliphatic rings. The second-order valence-corrected chi connectivity index (χ2v) is 4.72. The Morgan fingerprint density at radius 2 is 0.690 bits per heavy atom. The summed E-state index contributed by atoms with van der Waals surface area (Å²) >= 11 is 0. The Labute approximate surface area is 185 Å². The van der Waals surface area contributed by atoms with Crippen molar-refractivity contribution < 1.29 is 10.2 Å². The number of fused-ring (bicyclic) bond motifs is 3. The van der Waals surface area contributed by atoms with Crippen LogP contribution in [0.15, 0.2) is 48.5 Å². The van der Waals surface area contributed by atoms with Crippen molar-refractivity contribution in [3.63, 3.8) is 0 Å². The predicted molar refractivity (Wildman–Crippen MR) is 139 cm³/mol. The average molecular weight is 411 g/mol. The Bertz CT molecular complexity index is 484. The fourth-order valence-corrected chi connectivity index (χ4v) is 2.67. The highest BCUT2D eigenvalue weighted by molar-refractivity contribution is 5.80. The fraction of sp³-hybridized carbons (Fsp3) is 0.556. The van der Waals surface area contributed by atoms with E-state index in [4.69, 9.17) is 10.2 Å². The number of rotatable bonds is 0. The average Bonchev–Trinajstić information content (AvgIpc) is 3.04. The first-order valence-electron chi connectivity index (χ1n) is 10.3. The zero-order valence-corrected chi connectivity index (χ0v) is 20.0. The highest BCUT2D eigenvalue weighted by Crippen LogP contribution is 2.47. The van der Waals surface area contributed by atoms with Gasteiger partial charge in [-0.15, -0.1) is 0 Å². The largest absolute Gasteiger partial charge is 0.400 e. The van der Waals surface area contributed by atoms with Gasteiger partial charge in [0, 0.05) is 19.6 Å². The van der Waals surface area contributed by atoms with E-state index in [9.17, 15) is 0 Å². The van der Waals surface area contributed by atoms with Gasteiger partial charge < -0.3 is 10.2 Å². The van der Waals surface area contributed by atoms with Crippen molar-refractivity contribution in [3.05, 3.63) is 59.7 Å². The van der Waals surface area contributed by atoms with Gasteiger partial charge in [-0.25, -0.2) is 0 Å². The number of aliphatic hydroxyl groups excluding tert-OH is 2. The number of benzene rings is 2. The van der Waals surface area contributed by atoms with E-state index >= 15 is 0 Å². The highest BCUT2D eigenvalue weighted by Gasteiger charge is 2.34. The van der Waals surface area contributed by atoms with Crippen molar-refractivity contribution in [2.24, 2.45) is 0 Å². The molecule has 2 heteroatoms. The van der Waals surface area contributed by atoms with Gasteiger partial charge in [-0.2, -0.15) is 0 Å². The molecule has 0 aliphatic heterocycles. The van der Waals surface area contributed by atoms with E-state index in [2.05, 4.69) is 62.4 Å². The smallest absolute Gasteiger partial charge is 0.0319 e. The van der Waals surface area contributed by atoms with Gasteiger partial charge in [0.1, 0.15) is 0 Å². The monoisotopic (exact) mass is 410 g/mol. The molecule has 0 bridgehead atoms. The quantitative estimate of drug-likeness (QED) is 0.456. The molecular weight excluding hydrogens is 356 g/mol. The fourth-order valence-electron chi connectivity index (χ4n) is 2.67. The lowest BCUT2D eigenvalue weighted by Gasteiger charge is -2.20. The molecule has 0 amide bonds. The number of hydrogen-bond acceptors (Lipinski definition) is 2. The van der Waals surface area contributed by atoms with E-state index in [1.165, 1.54) is 22.3 Å². The minimum absolute atomic E-state index is 0. The third-order valence-electron chi connectivity index (χ3n) is 3.49. The van der Waals surface area contributed by atoms with Crippen LogP contribution in [0, 0.1) is 0 Å². The van der Waals surface area contributed by atoms with Crippen LogP contribution in [-0.4, -0.2) is 24.4 Å². The zero-order chi connectivity index (χ0) is 22.5. The van der Waals surface area contributed by atoms with Crippen molar-refractivity contribution in [2.45, 2.75) is 89.5 Å². The summed E-state index contributed by atoms with van der Waals surface area (Å²) in [6.07, 6.45) is 0. The van der Waals surface area contributed by atoms with Crippen LogP contribution in [0.25, 0.3) is 11.1 Å². The van der Waals surface area contributed by atoms with Crippen molar-refractivity contribution in [2.75, 3.05) is 14.2 Å². The lowest BCUT2D eigenvalue weighted by molar-refractivity contribution is 0.399. The van der Waals surface area contributed by atoms with E-state index in [0.29, 0.717) is 0 Å². The SMILES string of the molecule is C.C.CC.CC.CC.CC.CC1(C)c2ccccc2-c2ccccc21.CO.CO. The van der Waals surface area contributed by atoms with E-state index in [1.54, 1.807) is 0 Å². The minimum atomic E-state index is 0. The molecule has 2 nitrogen and oxygen atoms in total. The second-order valence-electron chi connectivity index (χ2n) is 4.72. The molecule has 0 saturated heterocycles. The first-order valence-corrected chi connectivity index (χ1v) is 10.3. The van der Waals surface area contributed by atoms with Crippen molar-refractivity contribution >= 4 is 0 Å². The summed E-state index contributed by atoms with van der Waals surface area (Å²) < 4.78 is 0. The molecular formula is C27H54O2. The van der Waals surface area contributed by atoms with E-state index < -0.39 is 0 Å². The predicted octanol–water partition coefficient (Wildman–Crippen LogP) is 8.59. The molecule has 0 aromatic heterocycles. The minimum Gasteiger partial charge on any atom is -0.400 e.